The van der Waals surface area contributed by atoms with E-state index in [2.05, 4.69) is 12.3 Å². The lowest BCUT2D eigenvalue weighted by Crippen LogP contribution is -2.32. The fourth-order valence-corrected chi connectivity index (χ4v) is 0.989. The van der Waals surface area contributed by atoms with Crippen molar-refractivity contribution in [3.63, 3.8) is 0 Å². The Balaban J connectivity index is 2.49. The molecule has 0 fully saturated rings. The number of rotatable bonds is 3. The molecule has 0 aliphatic carbocycles. The van der Waals surface area contributed by atoms with Crippen molar-refractivity contribution < 1.29 is 4.42 Å². The molecular weight excluding hydrogens is 140 g/mol. The van der Waals surface area contributed by atoms with Gasteiger partial charge in [-0.25, -0.2) is 10.4 Å². The smallest absolute Gasteiger partial charge is 0.121 e. The fourth-order valence-electron chi connectivity index (χ4n) is 0.989. The van der Waals surface area contributed by atoms with Gasteiger partial charge in [0.05, 0.1) is 12.3 Å². The Kier molecular flexibility index (Phi) is 2.68. The van der Waals surface area contributed by atoms with Gasteiger partial charge in [-0.2, -0.15) is 0 Å². The third-order valence-electron chi connectivity index (χ3n) is 1.42. The van der Waals surface area contributed by atoms with E-state index in [1.165, 1.54) is 0 Å². The first kappa shape index (κ1) is 8.30. The summed E-state index contributed by atoms with van der Waals surface area (Å²) in [6, 6.07) is 4.09. The fraction of sp³-hybridized carbons (Fsp3) is 0.500. The number of hydrazine groups is 1. The van der Waals surface area contributed by atoms with Gasteiger partial charge in [0.25, 0.3) is 0 Å². The highest BCUT2D eigenvalue weighted by atomic mass is 16.3. The molecule has 1 heterocycles. The zero-order chi connectivity index (χ0) is 8.27. The minimum atomic E-state index is 0.236. The molecule has 0 aliphatic heterocycles. The van der Waals surface area contributed by atoms with Crippen molar-refractivity contribution in [1.29, 1.82) is 0 Å². The summed E-state index contributed by atoms with van der Waals surface area (Å²) in [6.07, 6.45) is 1.68. The van der Waals surface area contributed by atoms with E-state index in [1.807, 2.05) is 31.2 Å². The molecule has 62 valence electrons. The van der Waals surface area contributed by atoms with Crippen LogP contribution in [-0.2, 0) is 0 Å². The summed E-state index contributed by atoms with van der Waals surface area (Å²) in [7, 11) is 3.92. The van der Waals surface area contributed by atoms with Crippen molar-refractivity contribution in [2.75, 3.05) is 14.1 Å². The van der Waals surface area contributed by atoms with Crippen LogP contribution in [-0.4, -0.2) is 19.1 Å². The topological polar surface area (TPSA) is 28.4 Å². The third kappa shape index (κ3) is 2.37. The molecule has 0 bridgehead atoms. The Hall–Kier alpha value is -0.800. The molecule has 1 aromatic heterocycles. The van der Waals surface area contributed by atoms with E-state index in [9.17, 15) is 0 Å². The van der Waals surface area contributed by atoms with Gasteiger partial charge in [-0.05, 0) is 19.1 Å². The van der Waals surface area contributed by atoms with Crippen LogP contribution in [0.3, 0.4) is 0 Å². The van der Waals surface area contributed by atoms with E-state index >= 15 is 0 Å². The number of nitrogens with one attached hydrogen (secondary N) is 1. The highest BCUT2D eigenvalue weighted by molar-refractivity contribution is 5.02. The molecule has 3 heteroatoms. The predicted octanol–water partition coefficient (Wildman–Crippen LogP) is 1.41. The third-order valence-corrected chi connectivity index (χ3v) is 1.42. The van der Waals surface area contributed by atoms with Gasteiger partial charge in [-0.1, -0.05) is 0 Å². The SMILES string of the molecule is CC(NN(C)C)c1ccco1. The Labute approximate surface area is 67.0 Å². The molecule has 0 saturated carbocycles. The average molecular weight is 154 g/mol. The van der Waals surface area contributed by atoms with Crippen LogP contribution in [0.4, 0.5) is 0 Å². The molecule has 0 aliphatic rings. The first-order valence-corrected chi connectivity index (χ1v) is 3.67. The summed E-state index contributed by atoms with van der Waals surface area (Å²) in [5.74, 6) is 0.957. The summed E-state index contributed by atoms with van der Waals surface area (Å²) in [5, 5.41) is 1.91. The first-order chi connectivity index (χ1) is 5.20. The maximum Gasteiger partial charge on any atom is 0.121 e. The lowest BCUT2D eigenvalue weighted by Gasteiger charge is -2.16. The summed E-state index contributed by atoms with van der Waals surface area (Å²) in [5.41, 5.74) is 3.18. The zero-order valence-corrected chi connectivity index (χ0v) is 7.16. The zero-order valence-electron chi connectivity index (χ0n) is 7.16. The molecule has 0 spiro atoms. The average Bonchev–Trinajstić information content (AvgIpc) is 2.35. The molecule has 0 amide bonds. The standard InChI is InChI=1S/C8H14N2O/c1-7(9-10(2)3)8-5-4-6-11-8/h4-7,9H,1-3H3. The van der Waals surface area contributed by atoms with Gasteiger partial charge in [-0.15, -0.1) is 0 Å². The first-order valence-electron chi connectivity index (χ1n) is 3.67. The van der Waals surface area contributed by atoms with Crippen molar-refractivity contribution in [2.45, 2.75) is 13.0 Å². The maximum atomic E-state index is 5.21. The Morgan fingerprint density at radius 3 is 2.73 bits per heavy atom. The van der Waals surface area contributed by atoms with E-state index in [-0.39, 0.29) is 6.04 Å². The van der Waals surface area contributed by atoms with Crippen LogP contribution in [0.2, 0.25) is 0 Å². The van der Waals surface area contributed by atoms with E-state index < -0.39 is 0 Å². The Bertz CT molecular complexity index is 194. The quantitative estimate of drug-likeness (QED) is 0.667. The summed E-state index contributed by atoms with van der Waals surface area (Å²) >= 11 is 0. The second-order valence-corrected chi connectivity index (χ2v) is 2.76. The number of hydrogen-bond donors (Lipinski definition) is 1. The van der Waals surface area contributed by atoms with Gasteiger partial charge < -0.3 is 4.42 Å². The minimum absolute atomic E-state index is 0.236. The van der Waals surface area contributed by atoms with Crippen LogP contribution < -0.4 is 5.43 Å². The molecular formula is C8H14N2O. The summed E-state index contributed by atoms with van der Waals surface area (Å²) < 4.78 is 5.21. The molecule has 1 unspecified atom stereocenters. The molecule has 0 saturated heterocycles. The highest BCUT2D eigenvalue weighted by Gasteiger charge is 2.06. The second kappa shape index (κ2) is 3.55. The predicted molar refractivity (Wildman–Crippen MR) is 43.9 cm³/mol. The van der Waals surface area contributed by atoms with E-state index in [0.29, 0.717) is 0 Å². The van der Waals surface area contributed by atoms with Crippen LogP contribution in [0.15, 0.2) is 22.8 Å². The van der Waals surface area contributed by atoms with Crippen LogP contribution in [0.25, 0.3) is 0 Å². The normalized spacial score (nSPS) is 13.8. The van der Waals surface area contributed by atoms with Gasteiger partial charge in [0.15, 0.2) is 0 Å². The van der Waals surface area contributed by atoms with Gasteiger partial charge in [0, 0.05) is 14.1 Å². The number of nitrogens with zero attached hydrogens (tertiary/aromatic N) is 1. The highest BCUT2D eigenvalue weighted by Crippen LogP contribution is 2.11. The van der Waals surface area contributed by atoms with Crippen LogP contribution >= 0.6 is 0 Å². The number of furan rings is 1. The molecule has 3 nitrogen and oxygen atoms in total. The lowest BCUT2D eigenvalue weighted by atomic mass is 10.3. The Morgan fingerprint density at radius 1 is 1.55 bits per heavy atom. The van der Waals surface area contributed by atoms with Crippen molar-refractivity contribution >= 4 is 0 Å². The maximum absolute atomic E-state index is 5.21. The molecule has 0 radical (unpaired) electrons. The van der Waals surface area contributed by atoms with E-state index in [4.69, 9.17) is 4.42 Å². The molecule has 11 heavy (non-hydrogen) atoms. The largest absolute Gasteiger partial charge is 0.468 e. The molecule has 1 N–H and O–H groups in total. The van der Waals surface area contributed by atoms with Crippen molar-refractivity contribution in [3.05, 3.63) is 24.2 Å². The number of hydrogen-bond acceptors (Lipinski definition) is 3. The monoisotopic (exact) mass is 154 g/mol. The van der Waals surface area contributed by atoms with Crippen LogP contribution in [0.5, 0.6) is 0 Å². The Morgan fingerprint density at radius 2 is 2.27 bits per heavy atom. The van der Waals surface area contributed by atoms with E-state index in [1.54, 1.807) is 6.26 Å². The molecule has 1 aromatic rings. The van der Waals surface area contributed by atoms with Crippen LogP contribution in [0, 0.1) is 0 Å². The van der Waals surface area contributed by atoms with Crippen molar-refractivity contribution in [1.82, 2.24) is 10.4 Å². The van der Waals surface area contributed by atoms with E-state index in [0.717, 1.165) is 5.76 Å². The van der Waals surface area contributed by atoms with Crippen molar-refractivity contribution in [2.24, 2.45) is 0 Å². The molecule has 0 aromatic carbocycles. The van der Waals surface area contributed by atoms with Gasteiger partial charge in [0.1, 0.15) is 5.76 Å². The van der Waals surface area contributed by atoms with Gasteiger partial charge in [0.2, 0.25) is 0 Å². The van der Waals surface area contributed by atoms with Gasteiger partial charge >= 0.3 is 0 Å². The molecule has 1 rings (SSSR count). The second-order valence-electron chi connectivity index (χ2n) is 2.76. The lowest BCUT2D eigenvalue weighted by molar-refractivity contribution is 0.234. The van der Waals surface area contributed by atoms with Crippen LogP contribution in [0.1, 0.15) is 18.7 Å². The van der Waals surface area contributed by atoms with Gasteiger partial charge in [-0.3, -0.25) is 0 Å². The summed E-state index contributed by atoms with van der Waals surface area (Å²) in [4.78, 5) is 0. The molecule has 1 atom stereocenters. The summed E-state index contributed by atoms with van der Waals surface area (Å²) in [6.45, 7) is 2.05. The van der Waals surface area contributed by atoms with Crippen molar-refractivity contribution in [3.8, 4) is 0 Å². The minimum Gasteiger partial charge on any atom is -0.468 e.